The number of aryl methyl sites for hydroxylation is 2. The lowest BCUT2D eigenvalue weighted by atomic mass is 9.74. The Morgan fingerprint density at radius 2 is 1.52 bits per heavy atom. The molecule has 0 atom stereocenters. The van der Waals surface area contributed by atoms with E-state index in [1.165, 1.54) is 49.4 Å². The minimum atomic E-state index is -0.446. The van der Waals surface area contributed by atoms with E-state index in [2.05, 4.69) is 107 Å². The first-order chi connectivity index (χ1) is 19.3. The largest absolute Gasteiger partial charge is 0.495 e. The van der Waals surface area contributed by atoms with Crippen LogP contribution in [0.15, 0.2) is 77.2 Å². The molecule has 4 heteroatoms. The molecule has 2 heterocycles. The summed E-state index contributed by atoms with van der Waals surface area (Å²) in [4.78, 5) is 0. The van der Waals surface area contributed by atoms with Gasteiger partial charge in [0.15, 0.2) is 0 Å². The summed E-state index contributed by atoms with van der Waals surface area (Å²) in [5, 5.41) is 6.48. The summed E-state index contributed by atoms with van der Waals surface area (Å²) in [5.41, 5.74) is 7.64. The number of benzene rings is 4. The van der Waals surface area contributed by atoms with E-state index in [1.807, 2.05) is 0 Å². The zero-order chi connectivity index (χ0) is 27.2. The van der Waals surface area contributed by atoms with Crippen LogP contribution in [-0.2, 0) is 22.2 Å². The second-order valence-corrected chi connectivity index (χ2v) is 12.5. The number of allylic oxidation sites excluding steroid dienone is 2. The first kappa shape index (κ1) is 24.2. The molecule has 0 radical (unpaired) electrons. The van der Waals surface area contributed by atoms with Crippen molar-refractivity contribution in [3.8, 4) is 0 Å². The molecule has 3 aliphatic rings. The van der Waals surface area contributed by atoms with Crippen LogP contribution in [0.2, 0.25) is 0 Å². The smallest absolute Gasteiger partial charge is 0.460 e. The summed E-state index contributed by atoms with van der Waals surface area (Å²) < 4.78 is 19.6. The number of hydrogen-bond donors (Lipinski definition) is 0. The van der Waals surface area contributed by atoms with Crippen LogP contribution in [0.25, 0.3) is 44.2 Å². The third-order valence-electron chi connectivity index (χ3n) is 9.65. The number of hydrogen-bond acceptors (Lipinski definition) is 3. The zero-order valence-electron chi connectivity index (χ0n) is 23.6. The predicted molar refractivity (Wildman–Crippen MR) is 166 cm³/mol. The zero-order valence-corrected chi connectivity index (χ0v) is 23.6. The number of fused-ring (bicyclic) bond motifs is 9. The van der Waals surface area contributed by atoms with Gasteiger partial charge in [-0.05, 0) is 108 Å². The molecule has 1 saturated heterocycles. The van der Waals surface area contributed by atoms with Gasteiger partial charge in [-0.15, -0.1) is 0 Å². The first-order valence-corrected chi connectivity index (χ1v) is 14.6. The lowest BCUT2D eigenvalue weighted by Gasteiger charge is -2.32. The van der Waals surface area contributed by atoms with Crippen LogP contribution in [0.1, 0.15) is 68.6 Å². The summed E-state index contributed by atoms with van der Waals surface area (Å²) in [5.74, 6) is 1.05. The highest BCUT2D eigenvalue weighted by Gasteiger charge is 2.52. The Labute approximate surface area is 235 Å². The molecule has 198 valence electrons. The van der Waals surface area contributed by atoms with Crippen molar-refractivity contribution in [2.24, 2.45) is 0 Å². The molecule has 0 N–H and O–H groups in total. The summed E-state index contributed by atoms with van der Waals surface area (Å²) in [6.45, 7) is 8.43. The Morgan fingerprint density at radius 3 is 2.35 bits per heavy atom. The monoisotopic (exact) mass is 524 g/mol. The van der Waals surface area contributed by atoms with Gasteiger partial charge < -0.3 is 13.7 Å². The van der Waals surface area contributed by atoms with Crippen LogP contribution in [0.3, 0.4) is 0 Å². The minimum absolute atomic E-state index is 0.407. The van der Waals surface area contributed by atoms with E-state index in [0.29, 0.717) is 0 Å². The van der Waals surface area contributed by atoms with E-state index in [9.17, 15) is 0 Å². The van der Waals surface area contributed by atoms with Gasteiger partial charge in [-0.3, -0.25) is 0 Å². The fourth-order valence-corrected chi connectivity index (χ4v) is 6.91. The van der Waals surface area contributed by atoms with Crippen LogP contribution in [0, 0.1) is 0 Å². The SMILES string of the molecule is CC1(C)OB(c2cccc3oc4c(c23)C(c2ccc3c(c2)c2c(c5ccccc53)CCC=C2)=CCC4)OC1(C)C. The van der Waals surface area contributed by atoms with Gasteiger partial charge in [0.05, 0.1) is 11.2 Å². The molecule has 4 aromatic carbocycles. The first-order valence-electron chi connectivity index (χ1n) is 14.6. The van der Waals surface area contributed by atoms with Crippen molar-refractivity contribution in [1.29, 1.82) is 0 Å². The molecule has 0 unspecified atom stereocenters. The maximum atomic E-state index is 6.53. The molecule has 1 aliphatic heterocycles. The third-order valence-corrected chi connectivity index (χ3v) is 9.65. The van der Waals surface area contributed by atoms with Crippen molar-refractivity contribution in [2.75, 3.05) is 0 Å². The van der Waals surface area contributed by atoms with Crippen molar-refractivity contribution in [1.82, 2.24) is 0 Å². The summed E-state index contributed by atoms with van der Waals surface area (Å²) in [6.07, 6.45) is 11.1. The van der Waals surface area contributed by atoms with E-state index in [0.717, 1.165) is 47.9 Å². The molecule has 1 fully saturated rings. The lowest BCUT2D eigenvalue weighted by molar-refractivity contribution is 0.00578. The molecular formula is C36H33BO3. The average Bonchev–Trinajstić information content (AvgIpc) is 3.45. The van der Waals surface area contributed by atoms with Gasteiger partial charge in [0.2, 0.25) is 0 Å². The Kier molecular flexibility index (Phi) is 5.12. The maximum Gasteiger partial charge on any atom is 0.495 e. The minimum Gasteiger partial charge on any atom is -0.460 e. The van der Waals surface area contributed by atoms with Crippen molar-refractivity contribution < 1.29 is 13.7 Å². The van der Waals surface area contributed by atoms with E-state index in [1.54, 1.807) is 0 Å². The Balaban J connectivity index is 1.34. The Bertz CT molecular complexity index is 1900. The second kappa shape index (κ2) is 8.45. The normalized spacial score (nSPS) is 19.3. The molecule has 40 heavy (non-hydrogen) atoms. The second-order valence-electron chi connectivity index (χ2n) is 12.5. The molecule has 1 aromatic heterocycles. The number of rotatable bonds is 2. The fraction of sp³-hybridized carbons (Fsp3) is 0.278. The van der Waals surface area contributed by atoms with Crippen LogP contribution < -0.4 is 5.46 Å². The van der Waals surface area contributed by atoms with Gasteiger partial charge >= 0.3 is 7.12 Å². The molecule has 0 bridgehead atoms. The fourth-order valence-electron chi connectivity index (χ4n) is 6.91. The predicted octanol–water partition coefficient (Wildman–Crippen LogP) is 8.38. The van der Waals surface area contributed by atoms with Gasteiger partial charge in [-0.1, -0.05) is 66.8 Å². The molecule has 0 saturated carbocycles. The Morgan fingerprint density at radius 1 is 0.750 bits per heavy atom. The quantitative estimate of drug-likeness (QED) is 0.172. The van der Waals surface area contributed by atoms with Crippen LogP contribution in [0.5, 0.6) is 0 Å². The van der Waals surface area contributed by atoms with E-state index >= 15 is 0 Å². The van der Waals surface area contributed by atoms with Crippen LogP contribution in [0.4, 0.5) is 0 Å². The van der Waals surface area contributed by atoms with Gasteiger partial charge in [-0.2, -0.15) is 0 Å². The number of furan rings is 1. The highest BCUT2D eigenvalue weighted by atomic mass is 16.7. The molecule has 2 aliphatic carbocycles. The van der Waals surface area contributed by atoms with Gasteiger partial charge in [0.1, 0.15) is 11.3 Å². The van der Waals surface area contributed by atoms with E-state index < -0.39 is 18.3 Å². The van der Waals surface area contributed by atoms with Crippen LogP contribution >= 0.6 is 0 Å². The van der Waals surface area contributed by atoms with E-state index in [-0.39, 0.29) is 0 Å². The van der Waals surface area contributed by atoms with Gasteiger partial charge in [-0.25, -0.2) is 0 Å². The molecule has 5 aromatic rings. The standard InChI is InChI=1S/C36H33BO3/c1-35(2)36(3,4)40-37(39-35)30-16-10-18-32-34(30)33-23(15-9-17-31(33)38-32)22-19-20-28-26-13-6-5-11-24(26)25-12-7-8-14-27(25)29(28)21-22/h5-6,8,10-11,13-16,18-21H,7,9,12,17H2,1-4H3. The summed E-state index contributed by atoms with van der Waals surface area (Å²) in [6, 6.07) is 22.2. The third kappa shape index (κ3) is 3.39. The van der Waals surface area contributed by atoms with Crippen molar-refractivity contribution >= 4 is 56.7 Å². The Hall–Kier alpha value is -3.60. The lowest BCUT2D eigenvalue weighted by Crippen LogP contribution is -2.41. The van der Waals surface area contributed by atoms with Crippen molar-refractivity contribution in [3.05, 3.63) is 101 Å². The highest BCUT2D eigenvalue weighted by molar-refractivity contribution is 6.65. The maximum absolute atomic E-state index is 6.53. The van der Waals surface area contributed by atoms with Crippen molar-refractivity contribution in [3.63, 3.8) is 0 Å². The summed E-state index contributed by atoms with van der Waals surface area (Å²) >= 11 is 0. The highest BCUT2D eigenvalue weighted by Crippen LogP contribution is 2.43. The van der Waals surface area contributed by atoms with Crippen LogP contribution in [-0.4, -0.2) is 18.3 Å². The molecule has 0 spiro atoms. The molecule has 0 amide bonds. The molecular weight excluding hydrogens is 491 g/mol. The summed E-state index contributed by atoms with van der Waals surface area (Å²) in [7, 11) is -0.446. The van der Waals surface area contributed by atoms with Gasteiger partial charge in [0.25, 0.3) is 0 Å². The topological polar surface area (TPSA) is 31.6 Å². The average molecular weight is 524 g/mol. The van der Waals surface area contributed by atoms with Crippen molar-refractivity contribution in [2.45, 2.75) is 64.6 Å². The van der Waals surface area contributed by atoms with E-state index in [4.69, 9.17) is 13.7 Å². The molecule has 3 nitrogen and oxygen atoms in total. The molecule has 8 rings (SSSR count). The van der Waals surface area contributed by atoms with Gasteiger partial charge in [0, 0.05) is 17.4 Å².